The molecule has 0 aliphatic heterocycles. The normalized spacial score (nSPS) is 14.7. The first kappa shape index (κ1) is 13.4. The van der Waals surface area contributed by atoms with Crippen LogP contribution < -0.4 is 5.76 Å². The van der Waals surface area contributed by atoms with Crippen LogP contribution in [0.2, 0.25) is 5.15 Å². The summed E-state index contributed by atoms with van der Waals surface area (Å²) in [4.78, 5) is 21.8. The standard InChI is InChI=1S/C14H8ClF2N3O2/c15-13-10(5-1-2-5)18-4-8(19-13)6-3-7(16)9(17)11-12(6)22-14(21)20-11/h3-5H,1-2H2,(H,20,21). The monoisotopic (exact) mass is 323 g/mol. The fraction of sp³-hybridized carbons (Fsp3) is 0.214. The van der Waals surface area contributed by atoms with Crippen LogP contribution in [-0.4, -0.2) is 15.0 Å². The van der Waals surface area contributed by atoms with E-state index in [4.69, 9.17) is 16.0 Å². The summed E-state index contributed by atoms with van der Waals surface area (Å²) in [5, 5.41) is 0.218. The highest BCUT2D eigenvalue weighted by Crippen LogP contribution is 2.42. The minimum absolute atomic E-state index is 0.115. The van der Waals surface area contributed by atoms with Gasteiger partial charge in [0.2, 0.25) is 0 Å². The summed E-state index contributed by atoms with van der Waals surface area (Å²) in [6.07, 6.45) is 3.43. The topological polar surface area (TPSA) is 71.8 Å². The molecule has 5 nitrogen and oxygen atoms in total. The Morgan fingerprint density at radius 1 is 1.36 bits per heavy atom. The van der Waals surface area contributed by atoms with E-state index in [-0.39, 0.29) is 27.5 Å². The Bertz CT molecular complexity index is 963. The molecule has 0 spiro atoms. The van der Waals surface area contributed by atoms with Gasteiger partial charge in [-0.25, -0.2) is 18.6 Å². The van der Waals surface area contributed by atoms with Crippen LogP contribution in [0.5, 0.6) is 0 Å². The molecule has 8 heteroatoms. The highest BCUT2D eigenvalue weighted by atomic mass is 35.5. The van der Waals surface area contributed by atoms with Crippen molar-refractivity contribution in [3.05, 3.63) is 45.3 Å². The molecule has 2 heterocycles. The van der Waals surface area contributed by atoms with E-state index in [1.54, 1.807) is 0 Å². The van der Waals surface area contributed by atoms with Crippen molar-refractivity contribution in [3.8, 4) is 11.3 Å². The molecule has 22 heavy (non-hydrogen) atoms. The summed E-state index contributed by atoms with van der Waals surface area (Å²) in [6, 6.07) is 0.908. The zero-order valence-corrected chi connectivity index (χ0v) is 11.7. The first-order chi connectivity index (χ1) is 10.5. The molecule has 1 aliphatic carbocycles. The lowest BCUT2D eigenvalue weighted by Gasteiger charge is -2.06. The van der Waals surface area contributed by atoms with E-state index < -0.39 is 17.4 Å². The van der Waals surface area contributed by atoms with Gasteiger partial charge in [0.05, 0.1) is 23.1 Å². The van der Waals surface area contributed by atoms with Crippen molar-refractivity contribution in [2.24, 2.45) is 0 Å². The highest BCUT2D eigenvalue weighted by Gasteiger charge is 2.28. The Labute approximate surface area is 127 Å². The third kappa shape index (κ3) is 2.00. The van der Waals surface area contributed by atoms with Gasteiger partial charge in [-0.05, 0) is 18.9 Å². The second kappa shape index (κ2) is 4.61. The maximum absolute atomic E-state index is 13.7. The van der Waals surface area contributed by atoms with Crippen molar-refractivity contribution in [2.45, 2.75) is 18.8 Å². The van der Waals surface area contributed by atoms with E-state index in [9.17, 15) is 13.6 Å². The predicted octanol–water partition coefficient (Wildman–Crippen LogP) is 3.39. The van der Waals surface area contributed by atoms with Crippen LogP contribution in [0.1, 0.15) is 24.5 Å². The number of hydrogen-bond donors (Lipinski definition) is 1. The lowest BCUT2D eigenvalue weighted by atomic mass is 10.1. The number of benzene rings is 1. The van der Waals surface area contributed by atoms with Gasteiger partial charge in [0, 0.05) is 5.92 Å². The number of H-pyrrole nitrogens is 1. The molecule has 1 aromatic carbocycles. The minimum atomic E-state index is -1.18. The molecule has 1 saturated carbocycles. The molecule has 0 radical (unpaired) electrons. The molecule has 1 fully saturated rings. The quantitative estimate of drug-likeness (QED) is 0.784. The van der Waals surface area contributed by atoms with E-state index in [1.165, 1.54) is 6.20 Å². The molecule has 1 aliphatic rings. The SMILES string of the molecule is O=c1[nH]c2c(F)c(F)cc(-c3cnc(C4CC4)c(Cl)n3)c2o1. The first-order valence-electron chi connectivity index (χ1n) is 6.58. The average Bonchev–Trinajstić information content (AvgIpc) is 3.24. The van der Waals surface area contributed by atoms with Gasteiger partial charge in [-0.2, -0.15) is 0 Å². The van der Waals surface area contributed by atoms with Gasteiger partial charge in [0.25, 0.3) is 0 Å². The van der Waals surface area contributed by atoms with Gasteiger partial charge in [-0.3, -0.25) is 9.97 Å². The minimum Gasteiger partial charge on any atom is -0.407 e. The number of nitrogens with one attached hydrogen (secondary N) is 1. The van der Waals surface area contributed by atoms with Crippen molar-refractivity contribution in [1.82, 2.24) is 15.0 Å². The molecule has 0 amide bonds. The summed E-state index contributed by atoms with van der Waals surface area (Å²) >= 11 is 6.10. The number of fused-ring (bicyclic) bond motifs is 1. The molecule has 0 atom stereocenters. The number of hydrogen-bond acceptors (Lipinski definition) is 4. The van der Waals surface area contributed by atoms with Gasteiger partial charge in [0.15, 0.2) is 22.4 Å². The van der Waals surface area contributed by atoms with Crippen LogP contribution in [0.25, 0.3) is 22.4 Å². The molecule has 2 aromatic heterocycles. The van der Waals surface area contributed by atoms with Crippen molar-refractivity contribution >= 4 is 22.7 Å². The first-order valence-corrected chi connectivity index (χ1v) is 6.96. The van der Waals surface area contributed by atoms with Crippen molar-refractivity contribution in [2.75, 3.05) is 0 Å². The van der Waals surface area contributed by atoms with E-state index in [1.807, 2.05) is 0 Å². The molecule has 0 unspecified atom stereocenters. The van der Waals surface area contributed by atoms with Gasteiger partial charge >= 0.3 is 5.76 Å². The van der Waals surface area contributed by atoms with Gasteiger partial charge in [-0.15, -0.1) is 0 Å². The van der Waals surface area contributed by atoms with Crippen LogP contribution in [0.3, 0.4) is 0 Å². The number of halogens is 3. The van der Waals surface area contributed by atoms with E-state index in [2.05, 4.69) is 15.0 Å². The Morgan fingerprint density at radius 3 is 2.82 bits per heavy atom. The fourth-order valence-electron chi connectivity index (χ4n) is 2.37. The second-order valence-electron chi connectivity index (χ2n) is 5.14. The maximum Gasteiger partial charge on any atom is 0.417 e. The smallest absolute Gasteiger partial charge is 0.407 e. The second-order valence-corrected chi connectivity index (χ2v) is 5.50. The summed E-state index contributed by atoms with van der Waals surface area (Å²) in [6.45, 7) is 0. The van der Waals surface area contributed by atoms with E-state index in [0.29, 0.717) is 11.6 Å². The van der Waals surface area contributed by atoms with Crippen LogP contribution in [-0.2, 0) is 0 Å². The number of rotatable bonds is 2. The molecule has 3 aromatic rings. The Kier molecular flexibility index (Phi) is 2.80. The molecule has 0 bridgehead atoms. The summed E-state index contributed by atoms with van der Waals surface area (Å²) in [7, 11) is 0. The molecular weight excluding hydrogens is 316 g/mol. The Balaban J connectivity index is 1.95. The number of oxazole rings is 1. The fourth-order valence-corrected chi connectivity index (χ4v) is 2.67. The van der Waals surface area contributed by atoms with Crippen LogP contribution in [0, 0.1) is 11.6 Å². The van der Waals surface area contributed by atoms with E-state index >= 15 is 0 Å². The molecule has 0 saturated heterocycles. The Hall–Kier alpha value is -2.28. The van der Waals surface area contributed by atoms with Crippen LogP contribution >= 0.6 is 11.6 Å². The third-order valence-corrected chi connectivity index (χ3v) is 3.87. The predicted molar refractivity (Wildman–Crippen MR) is 74.8 cm³/mol. The lowest BCUT2D eigenvalue weighted by molar-refractivity contribution is 0.514. The molecule has 4 rings (SSSR count). The summed E-state index contributed by atoms with van der Waals surface area (Å²) in [5.74, 6) is -2.87. The van der Waals surface area contributed by atoms with E-state index in [0.717, 1.165) is 18.9 Å². The largest absolute Gasteiger partial charge is 0.417 e. The van der Waals surface area contributed by atoms with Crippen molar-refractivity contribution in [3.63, 3.8) is 0 Å². The highest BCUT2D eigenvalue weighted by molar-refractivity contribution is 6.30. The zero-order chi connectivity index (χ0) is 15.4. The third-order valence-electron chi connectivity index (χ3n) is 3.59. The lowest BCUT2D eigenvalue weighted by Crippen LogP contribution is -1.96. The molecule has 1 N–H and O–H groups in total. The summed E-state index contributed by atoms with van der Waals surface area (Å²) in [5.41, 5.74) is 0.558. The van der Waals surface area contributed by atoms with Crippen LogP contribution in [0.4, 0.5) is 8.78 Å². The van der Waals surface area contributed by atoms with Crippen LogP contribution in [0.15, 0.2) is 21.5 Å². The van der Waals surface area contributed by atoms with Gasteiger partial charge in [0.1, 0.15) is 5.52 Å². The average molecular weight is 324 g/mol. The maximum atomic E-state index is 13.7. The zero-order valence-electron chi connectivity index (χ0n) is 11.0. The number of nitrogens with zero attached hydrogens (tertiary/aromatic N) is 2. The molecule has 112 valence electrons. The number of aromatic amines is 1. The van der Waals surface area contributed by atoms with Crippen molar-refractivity contribution in [1.29, 1.82) is 0 Å². The number of aromatic nitrogens is 3. The van der Waals surface area contributed by atoms with Gasteiger partial charge in [-0.1, -0.05) is 11.6 Å². The summed E-state index contributed by atoms with van der Waals surface area (Å²) < 4.78 is 32.3. The van der Waals surface area contributed by atoms with Crippen molar-refractivity contribution < 1.29 is 13.2 Å². The Morgan fingerprint density at radius 2 is 2.14 bits per heavy atom. The van der Waals surface area contributed by atoms with Gasteiger partial charge < -0.3 is 4.42 Å². The molecular formula is C14H8ClF2N3O2.